The van der Waals surface area contributed by atoms with Crippen LogP contribution in [0.4, 0.5) is 13.2 Å². The van der Waals surface area contributed by atoms with E-state index in [0.29, 0.717) is 5.56 Å². The van der Waals surface area contributed by atoms with Crippen molar-refractivity contribution in [2.75, 3.05) is 0 Å². The second-order valence-corrected chi connectivity index (χ2v) is 7.19. The minimum Gasteiger partial charge on any atom is -0.290 e. The molecule has 0 aliphatic rings. The molecule has 122 valence electrons. The number of carbonyl (C=O) groups excluding carboxylic acids is 1. The highest BCUT2D eigenvalue weighted by molar-refractivity contribution is 8.00. The summed E-state index contributed by atoms with van der Waals surface area (Å²) in [6, 6.07) is 16.4. The van der Waals surface area contributed by atoms with Crippen LogP contribution in [0.1, 0.15) is 24.5 Å². The molecule has 0 spiro atoms. The Kier molecular flexibility index (Phi) is 5.19. The third-order valence-electron chi connectivity index (χ3n) is 3.56. The van der Waals surface area contributed by atoms with Gasteiger partial charge in [0.15, 0.2) is 0 Å². The molecule has 0 aromatic heterocycles. The van der Waals surface area contributed by atoms with Gasteiger partial charge in [-0.05, 0) is 31.5 Å². The van der Waals surface area contributed by atoms with Crippen LogP contribution < -0.4 is 0 Å². The van der Waals surface area contributed by atoms with Crippen LogP contribution in [0, 0.1) is 6.92 Å². The highest BCUT2D eigenvalue weighted by Gasteiger charge is 2.43. The number of aryl methyl sites for hydroxylation is 1. The van der Waals surface area contributed by atoms with E-state index in [1.165, 1.54) is 11.8 Å². The van der Waals surface area contributed by atoms with E-state index in [2.05, 4.69) is 0 Å². The van der Waals surface area contributed by atoms with Gasteiger partial charge in [0.25, 0.3) is 0 Å². The van der Waals surface area contributed by atoms with E-state index in [1.54, 1.807) is 37.3 Å². The maximum Gasteiger partial charge on any atom is 0.450 e. The minimum absolute atomic E-state index is 0.598. The number of rotatable bonds is 5. The summed E-state index contributed by atoms with van der Waals surface area (Å²) in [6.07, 6.45) is -5.41. The Morgan fingerprint density at radius 3 is 2.09 bits per heavy atom. The molecule has 0 N–H and O–H groups in total. The molecule has 0 aliphatic heterocycles. The van der Waals surface area contributed by atoms with Gasteiger partial charge in [-0.3, -0.25) is 4.79 Å². The van der Waals surface area contributed by atoms with Crippen LogP contribution in [-0.2, 0) is 9.54 Å². The molecule has 23 heavy (non-hydrogen) atoms. The lowest BCUT2D eigenvalue weighted by atomic mass is 9.94. The Balaban J connectivity index is 2.35. The highest BCUT2D eigenvalue weighted by atomic mass is 32.2. The Morgan fingerprint density at radius 2 is 1.57 bits per heavy atom. The number of carbonyl (C=O) groups is 1. The maximum atomic E-state index is 12.7. The van der Waals surface area contributed by atoms with Gasteiger partial charge in [-0.2, -0.15) is 13.2 Å². The van der Waals surface area contributed by atoms with E-state index >= 15 is 0 Å². The van der Waals surface area contributed by atoms with Crippen LogP contribution in [0.25, 0.3) is 0 Å². The number of benzene rings is 2. The predicted molar refractivity (Wildman–Crippen MR) is 86.5 cm³/mol. The van der Waals surface area contributed by atoms with Gasteiger partial charge in [0.05, 0.1) is 0 Å². The molecule has 0 saturated carbocycles. The molecule has 0 saturated heterocycles. The minimum atomic E-state index is -4.82. The van der Waals surface area contributed by atoms with Gasteiger partial charge in [-0.1, -0.05) is 48.0 Å². The maximum absolute atomic E-state index is 12.7. The first-order valence-corrected chi connectivity index (χ1v) is 7.93. The number of hydrogen-bond acceptors (Lipinski definition) is 2. The summed E-state index contributed by atoms with van der Waals surface area (Å²) in [5.74, 6) is -1.71. The summed E-state index contributed by atoms with van der Waals surface area (Å²) >= 11 is 1.28. The van der Waals surface area contributed by atoms with Crippen LogP contribution >= 0.6 is 11.8 Å². The summed E-state index contributed by atoms with van der Waals surface area (Å²) in [7, 11) is 0. The number of ketones is 1. The Labute approximate surface area is 137 Å². The van der Waals surface area contributed by atoms with E-state index in [4.69, 9.17) is 0 Å². The molecule has 0 heterocycles. The van der Waals surface area contributed by atoms with Gasteiger partial charge < -0.3 is 0 Å². The van der Waals surface area contributed by atoms with E-state index in [1.807, 2.05) is 31.2 Å². The van der Waals surface area contributed by atoms with Crippen molar-refractivity contribution in [1.29, 1.82) is 0 Å². The van der Waals surface area contributed by atoms with Crippen LogP contribution in [0.2, 0.25) is 0 Å². The molecule has 0 radical (unpaired) electrons. The zero-order chi connectivity index (χ0) is 17.1. The van der Waals surface area contributed by atoms with Gasteiger partial charge in [0.2, 0.25) is 5.78 Å². The van der Waals surface area contributed by atoms with Gasteiger partial charge >= 0.3 is 6.18 Å². The first-order valence-electron chi connectivity index (χ1n) is 7.12. The molecule has 5 heteroatoms. The van der Waals surface area contributed by atoms with Crippen molar-refractivity contribution in [3.05, 3.63) is 65.7 Å². The third-order valence-corrected chi connectivity index (χ3v) is 4.90. The van der Waals surface area contributed by atoms with Crippen molar-refractivity contribution in [3.63, 3.8) is 0 Å². The first kappa shape index (κ1) is 17.6. The number of hydrogen-bond donors (Lipinski definition) is 0. The quantitative estimate of drug-likeness (QED) is 0.667. The van der Waals surface area contributed by atoms with Crippen LogP contribution in [0.3, 0.4) is 0 Å². The Morgan fingerprint density at radius 1 is 1.00 bits per heavy atom. The molecule has 2 aromatic carbocycles. The number of alkyl halides is 3. The Bertz CT molecular complexity index is 665. The molecule has 1 nitrogen and oxygen atoms in total. The van der Waals surface area contributed by atoms with Gasteiger partial charge in [0.1, 0.15) is 0 Å². The predicted octanol–water partition coefficient (Wildman–Crippen LogP) is 5.52. The zero-order valence-corrected chi connectivity index (χ0v) is 13.7. The second kappa shape index (κ2) is 6.79. The molecule has 1 atom stereocenters. The fourth-order valence-corrected chi connectivity index (χ4v) is 3.51. The summed E-state index contributed by atoms with van der Waals surface area (Å²) in [5.41, 5.74) is 1.77. The molecule has 0 unspecified atom stereocenters. The standard InChI is InChI=1S/C18H17F3OS/c1-13-8-10-15(11-9-13)23-17(2,12-16(22)18(19,20)21)14-6-4-3-5-7-14/h3-11H,12H2,1-2H3/t17-/m1/s1. The fraction of sp³-hybridized carbons (Fsp3) is 0.278. The van der Waals surface area contributed by atoms with Crippen LogP contribution in [0.15, 0.2) is 59.5 Å². The zero-order valence-electron chi connectivity index (χ0n) is 12.9. The van der Waals surface area contributed by atoms with Gasteiger partial charge in [0, 0.05) is 16.1 Å². The van der Waals surface area contributed by atoms with E-state index < -0.39 is 23.1 Å². The Hall–Kier alpha value is -1.75. The average molecular weight is 338 g/mol. The lowest BCUT2D eigenvalue weighted by molar-refractivity contribution is -0.171. The highest BCUT2D eigenvalue weighted by Crippen LogP contribution is 2.45. The van der Waals surface area contributed by atoms with Crippen molar-refractivity contribution >= 4 is 17.5 Å². The first-order chi connectivity index (χ1) is 10.7. The molecular weight excluding hydrogens is 321 g/mol. The van der Waals surface area contributed by atoms with Crippen molar-refractivity contribution in [2.24, 2.45) is 0 Å². The number of Topliss-reactive ketones (excluding diaryl/α,β-unsaturated/α-hetero) is 1. The third kappa shape index (κ3) is 4.61. The van der Waals surface area contributed by atoms with Crippen molar-refractivity contribution in [1.82, 2.24) is 0 Å². The molecule has 2 aromatic rings. The summed E-state index contributed by atoms with van der Waals surface area (Å²) in [4.78, 5) is 12.4. The second-order valence-electron chi connectivity index (χ2n) is 5.61. The lowest BCUT2D eigenvalue weighted by Gasteiger charge is -2.29. The van der Waals surface area contributed by atoms with E-state index in [-0.39, 0.29) is 0 Å². The van der Waals surface area contributed by atoms with Crippen LogP contribution in [0.5, 0.6) is 0 Å². The summed E-state index contributed by atoms with van der Waals surface area (Å²) < 4.78 is 37.2. The molecule has 0 bridgehead atoms. The lowest BCUT2D eigenvalue weighted by Crippen LogP contribution is -2.31. The van der Waals surface area contributed by atoms with E-state index in [9.17, 15) is 18.0 Å². The molecule has 0 amide bonds. The molecule has 2 rings (SSSR count). The van der Waals surface area contributed by atoms with Crippen molar-refractivity contribution < 1.29 is 18.0 Å². The fourth-order valence-electron chi connectivity index (χ4n) is 2.26. The smallest absolute Gasteiger partial charge is 0.290 e. The van der Waals surface area contributed by atoms with E-state index in [0.717, 1.165) is 10.5 Å². The normalized spacial score (nSPS) is 14.3. The monoisotopic (exact) mass is 338 g/mol. The number of halogens is 3. The van der Waals surface area contributed by atoms with Gasteiger partial charge in [-0.25, -0.2) is 0 Å². The SMILES string of the molecule is Cc1ccc(S[C@](C)(CC(=O)C(F)(F)F)c2ccccc2)cc1. The average Bonchev–Trinajstić information content (AvgIpc) is 2.49. The van der Waals surface area contributed by atoms with Crippen molar-refractivity contribution in [2.45, 2.75) is 36.1 Å². The van der Waals surface area contributed by atoms with Crippen LogP contribution in [-0.4, -0.2) is 12.0 Å². The summed E-state index contributed by atoms with van der Waals surface area (Å²) in [5, 5.41) is 0. The number of thioether (sulfide) groups is 1. The topological polar surface area (TPSA) is 17.1 Å². The molecule has 0 aliphatic carbocycles. The van der Waals surface area contributed by atoms with Gasteiger partial charge in [-0.15, -0.1) is 11.8 Å². The molecule has 0 fully saturated rings. The summed E-state index contributed by atoms with van der Waals surface area (Å²) in [6.45, 7) is 3.62. The molecular formula is C18H17F3OS. The van der Waals surface area contributed by atoms with Crippen molar-refractivity contribution in [3.8, 4) is 0 Å². The largest absolute Gasteiger partial charge is 0.450 e.